The molecule has 0 unspecified atom stereocenters. The predicted molar refractivity (Wildman–Crippen MR) is 92.1 cm³/mol. The van der Waals surface area contributed by atoms with E-state index in [-0.39, 0.29) is 5.41 Å². The number of likely N-dealkylation sites (tertiary alicyclic amines) is 1. The Morgan fingerprint density at radius 2 is 1.64 bits per heavy atom. The van der Waals surface area contributed by atoms with E-state index in [2.05, 4.69) is 35.2 Å². The van der Waals surface area contributed by atoms with Crippen molar-refractivity contribution in [2.75, 3.05) is 26.2 Å². The Morgan fingerprint density at radius 1 is 0.955 bits per heavy atom. The smallest absolute Gasteiger partial charge is 0.0531 e. The molecule has 1 atom stereocenters. The number of benzene rings is 1. The Labute approximate surface area is 135 Å². The third kappa shape index (κ3) is 3.38. The molecular weight excluding hydrogens is 270 g/mol. The topological polar surface area (TPSA) is 23.5 Å². The van der Waals surface area contributed by atoms with Gasteiger partial charge < -0.3 is 10.0 Å². The van der Waals surface area contributed by atoms with Crippen LogP contribution in [0.5, 0.6) is 0 Å². The minimum atomic E-state index is -0.0186. The summed E-state index contributed by atoms with van der Waals surface area (Å²) in [5.74, 6) is 0.657. The molecule has 1 aromatic carbocycles. The second-order valence-corrected chi connectivity index (χ2v) is 7.31. The van der Waals surface area contributed by atoms with Crippen molar-refractivity contribution in [1.82, 2.24) is 4.90 Å². The fourth-order valence-corrected chi connectivity index (χ4v) is 4.67. The van der Waals surface area contributed by atoms with Crippen molar-refractivity contribution in [2.45, 2.75) is 56.8 Å². The molecule has 2 nitrogen and oxygen atoms in total. The van der Waals surface area contributed by atoms with E-state index in [4.69, 9.17) is 0 Å². The highest BCUT2D eigenvalue weighted by atomic mass is 16.3. The van der Waals surface area contributed by atoms with Gasteiger partial charge in [0.15, 0.2) is 0 Å². The maximum atomic E-state index is 10.4. The third-order valence-electron chi connectivity index (χ3n) is 6.09. The van der Waals surface area contributed by atoms with Crippen molar-refractivity contribution in [3.8, 4) is 0 Å². The Morgan fingerprint density at radius 3 is 2.27 bits per heavy atom. The van der Waals surface area contributed by atoms with Gasteiger partial charge in [-0.1, -0.05) is 49.6 Å². The van der Waals surface area contributed by atoms with Crippen molar-refractivity contribution < 1.29 is 5.11 Å². The predicted octanol–water partition coefficient (Wildman–Crippen LogP) is 3.98. The van der Waals surface area contributed by atoms with Gasteiger partial charge in [0.25, 0.3) is 0 Å². The Kier molecular flexibility index (Phi) is 5.54. The van der Waals surface area contributed by atoms with E-state index in [0.29, 0.717) is 12.5 Å². The molecular formula is C20H31NO. The van der Waals surface area contributed by atoms with Crippen LogP contribution in [-0.2, 0) is 5.41 Å². The maximum absolute atomic E-state index is 10.4. The molecule has 1 saturated heterocycles. The highest BCUT2D eigenvalue weighted by molar-refractivity contribution is 5.27. The van der Waals surface area contributed by atoms with Crippen LogP contribution in [0.15, 0.2) is 30.3 Å². The number of piperidine rings is 1. The lowest BCUT2D eigenvalue weighted by Gasteiger charge is -2.40. The van der Waals surface area contributed by atoms with Crippen molar-refractivity contribution >= 4 is 0 Å². The summed E-state index contributed by atoms with van der Waals surface area (Å²) in [6.45, 7) is 3.95. The van der Waals surface area contributed by atoms with Gasteiger partial charge in [-0.15, -0.1) is 0 Å². The van der Waals surface area contributed by atoms with E-state index in [9.17, 15) is 5.11 Å². The van der Waals surface area contributed by atoms with E-state index in [0.717, 1.165) is 13.0 Å². The highest BCUT2D eigenvalue weighted by Gasteiger charge is 2.41. The van der Waals surface area contributed by atoms with Gasteiger partial charge >= 0.3 is 0 Å². The van der Waals surface area contributed by atoms with Gasteiger partial charge in [-0.2, -0.15) is 0 Å². The summed E-state index contributed by atoms with van der Waals surface area (Å²) in [6, 6.07) is 10.8. The summed E-state index contributed by atoms with van der Waals surface area (Å²) < 4.78 is 0. The maximum Gasteiger partial charge on any atom is 0.0531 e. The summed E-state index contributed by atoms with van der Waals surface area (Å²) in [6.07, 6.45) is 10.4. The monoisotopic (exact) mass is 301 g/mol. The molecule has 1 saturated carbocycles. The van der Waals surface area contributed by atoms with Gasteiger partial charge in [0, 0.05) is 5.41 Å². The zero-order valence-corrected chi connectivity index (χ0v) is 13.8. The SMILES string of the molecule is OC[C@](CCN1CCCCC1)(c1ccccc1)C1CCCC1. The summed E-state index contributed by atoms with van der Waals surface area (Å²) in [4.78, 5) is 2.62. The minimum Gasteiger partial charge on any atom is -0.395 e. The molecule has 0 aromatic heterocycles. The molecule has 2 heteroatoms. The van der Waals surface area contributed by atoms with Gasteiger partial charge in [0.2, 0.25) is 0 Å². The molecule has 0 spiro atoms. The molecule has 1 aromatic rings. The molecule has 3 rings (SSSR count). The van der Waals surface area contributed by atoms with Crippen LogP contribution < -0.4 is 0 Å². The molecule has 22 heavy (non-hydrogen) atoms. The van der Waals surface area contributed by atoms with Crippen LogP contribution in [0.4, 0.5) is 0 Å². The normalized spacial score (nSPS) is 23.5. The van der Waals surface area contributed by atoms with Crippen LogP contribution in [0, 0.1) is 5.92 Å². The molecule has 2 fully saturated rings. The van der Waals surface area contributed by atoms with Crippen molar-refractivity contribution in [3.05, 3.63) is 35.9 Å². The van der Waals surface area contributed by atoms with E-state index >= 15 is 0 Å². The first-order valence-corrected chi connectivity index (χ1v) is 9.24. The Bertz CT molecular complexity index is 434. The van der Waals surface area contributed by atoms with Crippen LogP contribution >= 0.6 is 0 Å². The largest absolute Gasteiger partial charge is 0.395 e. The second-order valence-electron chi connectivity index (χ2n) is 7.31. The second kappa shape index (κ2) is 7.61. The first-order chi connectivity index (χ1) is 10.8. The molecule has 0 amide bonds. The summed E-state index contributed by atoms with van der Waals surface area (Å²) >= 11 is 0. The van der Waals surface area contributed by atoms with Crippen LogP contribution in [0.25, 0.3) is 0 Å². The van der Waals surface area contributed by atoms with Crippen molar-refractivity contribution in [3.63, 3.8) is 0 Å². The van der Waals surface area contributed by atoms with Gasteiger partial charge in [-0.3, -0.25) is 0 Å². The van der Waals surface area contributed by atoms with Crippen LogP contribution in [0.3, 0.4) is 0 Å². The van der Waals surface area contributed by atoms with Crippen LogP contribution in [0.1, 0.15) is 56.9 Å². The number of nitrogens with zero attached hydrogens (tertiary/aromatic N) is 1. The van der Waals surface area contributed by atoms with Crippen LogP contribution in [0.2, 0.25) is 0 Å². The molecule has 1 N–H and O–H groups in total. The first-order valence-electron chi connectivity index (χ1n) is 9.24. The zero-order chi connectivity index (χ0) is 15.3. The molecule has 1 aliphatic heterocycles. The summed E-state index contributed by atoms with van der Waals surface area (Å²) in [7, 11) is 0. The van der Waals surface area contributed by atoms with E-state index in [1.165, 1.54) is 63.6 Å². The van der Waals surface area contributed by atoms with E-state index in [1.54, 1.807) is 0 Å². The average molecular weight is 301 g/mol. The Balaban J connectivity index is 1.78. The number of aliphatic hydroxyl groups excluding tert-OH is 1. The molecule has 122 valence electrons. The molecule has 2 aliphatic rings. The minimum absolute atomic E-state index is 0.0186. The lowest BCUT2D eigenvalue weighted by atomic mass is 9.67. The standard InChI is InChI=1S/C20H31NO/c22-17-20(19-11-5-6-12-19,18-9-3-1-4-10-18)13-16-21-14-7-2-8-15-21/h1,3-4,9-10,19,22H,2,5-8,11-17H2/t20-/m1/s1. The number of hydrogen-bond acceptors (Lipinski definition) is 2. The highest BCUT2D eigenvalue weighted by Crippen LogP contribution is 2.44. The Hall–Kier alpha value is -0.860. The first kappa shape index (κ1) is 16.0. The fraction of sp³-hybridized carbons (Fsp3) is 0.700. The van der Waals surface area contributed by atoms with Gasteiger partial charge in [-0.05, 0) is 63.2 Å². The quantitative estimate of drug-likeness (QED) is 0.859. The van der Waals surface area contributed by atoms with Crippen LogP contribution in [-0.4, -0.2) is 36.2 Å². The van der Waals surface area contributed by atoms with Crippen molar-refractivity contribution in [2.24, 2.45) is 5.92 Å². The average Bonchev–Trinajstić information content (AvgIpc) is 3.13. The van der Waals surface area contributed by atoms with Gasteiger partial charge in [-0.25, -0.2) is 0 Å². The summed E-state index contributed by atoms with van der Waals surface area (Å²) in [5.41, 5.74) is 1.34. The lowest BCUT2D eigenvalue weighted by molar-refractivity contribution is 0.105. The van der Waals surface area contributed by atoms with Crippen molar-refractivity contribution in [1.29, 1.82) is 0 Å². The molecule has 1 aliphatic carbocycles. The lowest BCUT2D eigenvalue weighted by Crippen LogP contribution is -2.42. The zero-order valence-electron chi connectivity index (χ0n) is 13.8. The number of hydrogen-bond donors (Lipinski definition) is 1. The number of rotatable bonds is 6. The third-order valence-corrected chi connectivity index (χ3v) is 6.09. The van der Waals surface area contributed by atoms with Gasteiger partial charge in [0.05, 0.1) is 6.61 Å². The fourth-order valence-electron chi connectivity index (χ4n) is 4.67. The van der Waals surface area contributed by atoms with E-state index < -0.39 is 0 Å². The van der Waals surface area contributed by atoms with Gasteiger partial charge in [0.1, 0.15) is 0 Å². The molecule has 0 bridgehead atoms. The summed E-state index contributed by atoms with van der Waals surface area (Å²) in [5, 5.41) is 10.4. The molecule has 1 heterocycles. The van der Waals surface area contributed by atoms with E-state index in [1.807, 2.05) is 0 Å². The number of aliphatic hydroxyl groups is 1. The molecule has 0 radical (unpaired) electrons.